The number of likely N-dealkylation sites (N-methyl/N-ethyl adjacent to an activating group) is 2. The third-order valence-corrected chi connectivity index (χ3v) is 10.1. The molecule has 2 atom stereocenters. The van der Waals surface area contributed by atoms with Crippen LogP contribution >= 0.6 is 11.6 Å². The van der Waals surface area contributed by atoms with Crippen molar-refractivity contribution in [1.29, 1.82) is 0 Å². The first-order valence-corrected chi connectivity index (χ1v) is 15.4. The van der Waals surface area contributed by atoms with E-state index >= 15 is 0 Å². The molecule has 10 heteroatoms. The summed E-state index contributed by atoms with van der Waals surface area (Å²) in [5.41, 5.74) is 0. The minimum absolute atomic E-state index is 0.00384. The van der Waals surface area contributed by atoms with E-state index in [1.54, 1.807) is 36.4 Å². The van der Waals surface area contributed by atoms with E-state index in [1.165, 1.54) is 18.4 Å². The molecular formula is C28H39ClN4O4S. The number of carbonyl (C=O) groups excluding carboxylic acids is 2. The summed E-state index contributed by atoms with van der Waals surface area (Å²) in [5, 5.41) is 2.18. The van der Waals surface area contributed by atoms with E-state index in [-0.39, 0.29) is 23.1 Å². The number of ketones is 1. The molecule has 208 valence electrons. The number of rotatable bonds is 11. The smallest absolute Gasteiger partial charge is 0.243 e. The van der Waals surface area contributed by atoms with Crippen molar-refractivity contribution in [3.63, 3.8) is 0 Å². The number of sulfonamides is 1. The van der Waals surface area contributed by atoms with Crippen molar-refractivity contribution in [1.82, 2.24) is 19.0 Å². The zero-order valence-corrected chi connectivity index (χ0v) is 24.2. The Morgan fingerprint density at radius 2 is 1.71 bits per heavy atom. The molecule has 1 amide bonds. The maximum atomic E-state index is 13.4. The quantitative estimate of drug-likeness (QED) is 0.417. The molecule has 2 aliphatic heterocycles. The first kappa shape index (κ1) is 29.0. The summed E-state index contributed by atoms with van der Waals surface area (Å²) in [4.78, 5) is 32.6. The van der Waals surface area contributed by atoms with Crippen molar-refractivity contribution in [3.05, 3.63) is 41.4 Å². The number of likely N-dealkylation sites (tertiary alicyclic amines) is 2. The Hall–Kier alpha value is -2.04. The van der Waals surface area contributed by atoms with Gasteiger partial charge in [-0.3, -0.25) is 14.5 Å². The van der Waals surface area contributed by atoms with Crippen LogP contribution in [0.1, 0.15) is 39.5 Å². The second-order valence-corrected chi connectivity index (χ2v) is 12.8. The highest BCUT2D eigenvalue weighted by atomic mass is 35.5. The summed E-state index contributed by atoms with van der Waals surface area (Å²) < 4.78 is 27.9. The van der Waals surface area contributed by atoms with Gasteiger partial charge in [-0.25, -0.2) is 8.42 Å². The number of Topliss-reactive ketones (excluding diaryl/α,β-unsaturated/α-hetero) is 1. The van der Waals surface area contributed by atoms with Crippen molar-refractivity contribution in [2.24, 2.45) is 0 Å². The molecule has 2 heterocycles. The normalized spacial score (nSPS) is 21.2. The molecule has 8 nitrogen and oxygen atoms in total. The number of hydrogen-bond acceptors (Lipinski definition) is 6. The molecule has 0 N–H and O–H groups in total. The maximum absolute atomic E-state index is 13.4. The van der Waals surface area contributed by atoms with E-state index in [0.29, 0.717) is 30.6 Å². The Morgan fingerprint density at radius 1 is 1.00 bits per heavy atom. The molecule has 2 fully saturated rings. The molecule has 2 aromatic carbocycles. The summed E-state index contributed by atoms with van der Waals surface area (Å²) in [6, 6.07) is 9.67. The number of hydrogen-bond donors (Lipinski definition) is 0. The summed E-state index contributed by atoms with van der Waals surface area (Å²) in [5.74, 6) is -0.306. The van der Waals surface area contributed by atoms with E-state index in [0.717, 1.165) is 54.1 Å². The number of benzene rings is 2. The molecule has 0 aliphatic carbocycles. The molecule has 2 aromatic rings. The van der Waals surface area contributed by atoms with Crippen molar-refractivity contribution in [2.75, 3.05) is 52.9 Å². The number of halogens is 1. The summed E-state index contributed by atoms with van der Waals surface area (Å²) in [6.45, 7) is 8.86. The fourth-order valence-electron chi connectivity index (χ4n) is 5.65. The highest BCUT2D eigenvalue weighted by Gasteiger charge is 2.40. The first-order chi connectivity index (χ1) is 18.1. The second kappa shape index (κ2) is 12.4. The molecule has 0 bridgehead atoms. The molecule has 0 aromatic heterocycles. The molecule has 0 spiro atoms. The molecule has 38 heavy (non-hydrogen) atoms. The zero-order chi connectivity index (χ0) is 27.4. The Kier molecular flexibility index (Phi) is 9.47. The zero-order valence-electron chi connectivity index (χ0n) is 22.6. The average molecular weight is 563 g/mol. The van der Waals surface area contributed by atoms with Gasteiger partial charge in [-0.05, 0) is 73.9 Å². The third kappa shape index (κ3) is 6.39. The molecule has 2 saturated heterocycles. The minimum atomic E-state index is -3.90. The standard InChI is InChI=1S/C28H39ClN4O4S/c1-4-31(5-2)18-24-8-6-7-14-32(24)19-25(34)20-33-15-13-27(28(33)35)30(3)38(36,37)26-12-10-21-16-23(29)11-9-22(21)17-26/h9-12,16-17,24,27H,4-8,13-15,18-20H2,1-3H3/t24?,27-/m1/s1. The number of fused-ring (bicyclic) bond motifs is 1. The number of carbonyl (C=O) groups is 2. The summed E-state index contributed by atoms with van der Waals surface area (Å²) in [7, 11) is -2.46. The fourth-order valence-corrected chi connectivity index (χ4v) is 7.21. The van der Waals surface area contributed by atoms with Gasteiger partial charge < -0.3 is 9.80 Å². The van der Waals surface area contributed by atoms with E-state index < -0.39 is 16.1 Å². The largest absolute Gasteiger partial charge is 0.334 e. The Labute approximate surface area is 231 Å². The molecule has 1 unspecified atom stereocenters. The minimum Gasteiger partial charge on any atom is -0.334 e. The summed E-state index contributed by atoms with van der Waals surface area (Å²) in [6.07, 6.45) is 3.70. The van der Waals surface area contributed by atoms with Gasteiger partial charge in [0.15, 0.2) is 5.78 Å². The van der Waals surface area contributed by atoms with Gasteiger partial charge in [0.1, 0.15) is 6.04 Å². The van der Waals surface area contributed by atoms with Crippen LogP contribution in [0.3, 0.4) is 0 Å². The molecule has 0 radical (unpaired) electrons. The van der Waals surface area contributed by atoms with Crippen LogP contribution in [0.15, 0.2) is 41.3 Å². The average Bonchev–Trinajstić information content (AvgIpc) is 3.26. The van der Waals surface area contributed by atoms with Crippen LogP contribution in [-0.4, -0.2) is 104 Å². The van der Waals surface area contributed by atoms with Crippen LogP contribution < -0.4 is 0 Å². The van der Waals surface area contributed by atoms with Gasteiger partial charge in [0.2, 0.25) is 15.9 Å². The van der Waals surface area contributed by atoms with E-state index in [1.807, 2.05) is 0 Å². The Morgan fingerprint density at radius 3 is 2.45 bits per heavy atom. The Balaban J connectivity index is 1.38. The van der Waals surface area contributed by atoms with Gasteiger partial charge in [0.25, 0.3) is 0 Å². The molecular weight excluding hydrogens is 524 g/mol. The Bertz CT molecular complexity index is 1270. The van der Waals surface area contributed by atoms with Crippen LogP contribution in [0.25, 0.3) is 10.8 Å². The van der Waals surface area contributed by atoms with Gasteiger partial charge in [-0.1, -0.05) is 44.0 Å². The molecule has 0 saturated carbocycles. The van der Waals surface area contributed by atoms with Crippen molar-refractivity contribution >= 4 is 44.1 Å². The highest BCUT2D eigenvalue weighted by molar-refractivity contribution is 7.89. The molecule has 2 aliphatic rings. The van der Waals surface area contributed by atoms with Gasteiger partial charge in [-0.2, -0.15) is 4.31 Å². The summed E-state index contributed by atoms with van der Waals surface area (Å²) >= 11 is 6.05. The van der Waals surface area contributed by atoms with Crippen molar-refractivity contribution < 1.29 is 18.0 Å². The van der Waals surface area contributed by atoms with Gasteiger partial charge in [-0.15, -0.1) is 0 Å². The predicted octanol–water partition coefficient (Wildman–Crippen LogP) is 3.48. The van der Waals surface area contributed by atoms with Crippen LogP contribution in [0.4, 0.5) is 0 Å². The predicted molar refractivity (Wildman–Crippen MR) is 151 cm³/mol. The molecule has 4 rings (SSSR count). The maximum Gasteiger partial charge on any atom is 0.243 e. The third-order valence-electron chi connectivity index (χ3n) is 8.02. The number of piperidine rings is 1. The van der Waals surface area contributed by atoms with Crippen LogP contribution in [0.2, 0.25) is 5.02 Å². The van der Waals surface area contributed by atoms with Gasteiger partial charge in [0, 0.05) is 31.2 Å². The fraction of sp³-hybridized carbons (Fsp3) is 0.571. The first-order valence-electron chi connectivity index (χ1n) is 13.6. The van der Waals surface area contributed by atoms with Crippen LogP contribution in [0, 0.1) is 0 Å². The van der Waals surface area contributed by atoms with Crippen molar-refractivity contribution in [2.45, 2.75) is 56.5 Å². The highest BCUT2D eigenvalue weighted by Crippen LogP contribution is 2.27. The topological polar surface area (TPSA) is 81.2 Å². The van der Waals surface area contributed by atoms with Crippen LogP contribution in [-0.2, 0) is 19.6 Å². The second-order valence-electron chi connectivity index (χ2n) is 10.4. The van der Waals surface area contributed by atoms with Gasteiger partial charge >= 0.3 is 0 Å². The van der Waals surface area contributed by atoms with E-state index in [2.05, 4.69) is 23.6 Å². The number of nitrogens with zero attached hydrogens (tertiary/aromatic N) is 4. The van der Waals surface area contributed by atoms with Gasteiger partial charge in [0.05, 0.1) is 18.0 Å². The lowest BCUT2D eigenvalue weighted by atomic mass is 10.0. The SMILES string of the molecule is CCN(CC)CC1CCCCN1CC(=O)CN1CC[C@@H](N(C)S(=O)(=O)c2ccc3cc(Cl)ccc3c2)C1=O. The van der Waals surface area contributed by atoms with E-state index in [9.17, 15) is 18.0 Å². The lowest BCUT2D eigenvalue weighted by Crippen LogP contribution is -2.50. The monoisotopic (exact) mass is 562 g/mol. The van der Waals surface area contributed by atoms with E-state index in [4.69, 9.17) is 11.6 Å². The van der Waals surface area contributed by atoms with Crippen LogP contribution in [0.5, 0.6) is 0 Å². The van der Waals surface area contributed by atoms with Crippen molar-refractivity contribution in [3.8, 4) is 0 Å². The lowest BCUT2D eigenvalue weighted by Gasteiger charge is -2.38. The number of amides is 1. The lowest BCUT2D eigenvalue weighted by molar-refractivity contribution is -0.135.